The molecule has 0 radical (unpaired) electrons. The maximum absolute atomic E-state index is 9.24. The molecule has 266 valence electrons. The molecule has 2 atom stereocenters. The van der Waals surface area contributed by atoms with Crippen LogP contribution < -0.4 is 9.47 Å². The first-order valence-electron chi connectivity index (χ1n) is 16.6. The van der Waals surface area contributed by atoms with Gasteiger partial charge in [0.05, 0.1) is 24.0 Å². The molecular weight excluding hydrogens is 757 g/mol. The smallest absolute Gasteiger partial charge is 0.219 e. The van der Waals surface area contributed by atoms with Crippen LogP contribution in [0, 0.1) is 57.2 Å². The number of thiophene rings is 4. The van der Waals surface area contributed by atoms with Gasteiger partial charge in [0.25, 0.3) is 0 Å². The summed E-state index contributed by atoms with van der Waals surface area (Å²) in [7, 11) is 3.20. The Bertz CT molecular complexity index is 2450. The summed E-state index contributed by atoms with van der Waals surface area (Å²) in [6.07, 6.45) is 9.00. The van der Waals surface area contributed by atoms with Crippen molar-refractivity contribution in [2.75, 3.05) is 14.2 Å². The van der Waals surface area contributed by atoms with Crippen LogP contribution in [0.15, 0.2) is 70.1 Å². The lowest BCUT2D eigenvalue weighted by molar-refractivity contribution is 0.0318. The summed E-state index contributed by atoms with van der Waals surface area (Å²) in [5, 5.41) is 38.0. The fourth-order valence-electron chi connectivity index (χ4n) is 6.98. The Morgan fingerprint density at radius 3 is 1.33 bits per heavy atom. The van der Waals surface area contributed by atoms with Crippen LogP contribution in [-0.4, -0.2) is 25.6 Å². The van der Waals surface area contributed by atoms with Crippen LogP contribution in [0.25, 0.3) is 30.7 Å². The normalized spacial score (nSPS) is 19.1. The van der Waals surface area contributed by atoms with E-state index in [0.29, 0.717) is 21.5 Å². The van der Waals surface area contributed by atoms with Gasteiger partial charge in [0.15, 0.2) is 0 Å². The van der Waals surface area contributed by atoms with E-state index in [4.69, 9.17) is 18.9 Å². The molecule has 0 bridgehead atoms. The maximum Gasteiger partial charge on any atom is 0.219 e. The fraction of sp³-hybridized carbons (Fsp3) is 0.250. The Morgan fingerprint density at radius 1 is 0.593 bits per heavy atom. The molecule has 14 heteroatoms. The van der Waals surface area contributed by atoms with Crippen molar-refractivity contribution in [1.29, 1.82) is 21.0 Å². The molecule has 6 heterocycles. The molecule has 4 aromatic rings. The standard InChI is InChI=1S/C40H28N6O4S4/c1-39(2)25-11-31(37-29(47-5)13-33(53-37)45-21(15-41)16-42)51-35(25)23-7-20-10-28-24(8-19(20)9-27(23)49-39)36-26(40(3,4)50-28)12-32(52-36)38-30(48-6)14-34(54-38)46-22(17-43)18-44/h7-14,19-20H,1-6H3. The molecule has 4 aromatic heterocycles. The van der Waals surface area contributed by atoms with Crippen LogP contribution in [0.1, 0.15) is 48.6 Å². The lowest BCUT2D eigenvalue weighted by Gasteiger charge is -2.40. The van der Waals surface area contributed by atoms with E-state index >= 15 is 0 Å². The van der Waals surface area contributed by atoms with Crippen molar-refractivity contribution >= 4 is 77.9 Å². The molecule has 0 fully saturated rings. The third-order valence-corrected chi connectivity index (χ3v) is 14.2. The average Bonchev–Trinajstić information content (AvgIpc) is 3.96. The highest BCUT2D eigenvalue weighted by Crippen LogP contribution is 2.57. The van der Waals surface area contributed by atoms with Crippen LogP contribution in [0.5, 0.6) is 11.5 Å². The maximum atomic E-state index is 9.24. The van der Waals surface area contributed by atoms with Gasteiger partial charge in [-0.05, 0) is 52.0 Å². The Balaban J connectivity index is 1.17. The molecule has 0 saturated heterocycles. The van der Waals surface area contributed by atoms with Crippen LogP contribution in [0.4, 0.5) is 10.0 Å². The summed E-state index contributed by atoms with van der Waals surface area (Å²) in [5.74, 6) is 2.98. The largest absolute Gasteiger partial charge is 0.495 e. The molecule has 0 spiro atoms. The van der Waals surface area contributed by atoms with Crippen LogP contribution in [0.2, 0.25) is 0 Å². The quantitative estimate of drug-likeness (QED) is 0.175. The predicted octanol–water partition coefficient (Wildman–Crippen LogP) is 10.5. The highest BCUT2D eigenvalue weighted by molar-refractivity contribution is 7.25. The third-order valence-electron chi connectivity index (χ3n) is 9.49. The van der Waals surface area contributed by atoms with Crippen molar-refractivity contribution < 1.29 is 18.9 Å². The van der Waals surface area contributed by atoms with Gasteiger partial charge in [-0.15, -0.1) is 45.3 Å². The number of hydrogen-bond donors (Lipinski definition) is 0. The lowest BCUT2D eigenvalue weighted by Crippen LogP contribution is -2.31. The van der Waals surface area contributed by atoms with E-state index in [-0.39, 0.29) is 23.3 Å². The predicted molar refractivity (Wildman–Crippen MR) is 212 cm³/mol. The SMILES string of the molecule is COc1cc(N=C(C#N)C#N)sc1-c1cc2c(s1)C1=CC3C=C4OC(C)(C)c5cc(-c6sc(N=C(C#N)C#N)cc6OC)sc5C4=CC3C=C1OC2(C)C. The van der Waals surface area contributed by atoms with Gasteiger partial charge in [-0.2, -0.15) is 21.0 Å². The second-order valence-corrected chi connectivity index (χ2v) is 17.8. The Hall–Kier alpha value is -5.74. The van der Waals surface area contributed by atoms with Crippen molar-refractivity contribution in [2.24, 2.45) is 21.8 Å². The molecule has 2 aliphatic carbocycles. The first kappa shape index (κ1) is 35.3. The monoisotopic (exact) mass is 784 g/mol. The summed E-state index contributed by atoms with van der Waals surface area (Å²) in [6.45, 7) is 8.30. The molecule has 0 saturated carbocycles. The molecule has 2 unspecified atom stereocenters. The zero-order chi connectivity index (χ0) is 38.1. The molecular formula is C40H28N6O4S4. The van der Waals surface area contributed by atoms with Crippen molar-refractivity contribution in [3.8, 4) is 55.3 Å². The summed E-state index contributed by atoms with van der Waals surface area (Å²) < 4.78 is 24.9. The Kier molecular flexibility index (Phi) is 8.49. The van der Waals surface area contributed by atoms with Gasteiger partial charge in [0, 0.05) is 65.8 Å². The van der Waals surface area contributed by atoms with Gasteiger partial charge in [0.2, 0.25) is 11.4 Å². The van der Waals surface area contributed by atoms with E-state index in [1.54, 1.807) is 49.0 Å². The molecule has 0 N–H and O–H groups in total. The van der Waals surface area contributed by atoms with Crippen molar-refractivity contribution in [1.82, 2.24) is 0 Å². The van der Waals surface area contributed by atoms with Crippen LogP contribution in [-0.2, 0) is 20.7 Å². The highest BCUT2D eigenvalue weighted by Gasteiger charge is 2.43. The fourth-order valence-corrected chi connectivity index (χ4v) is 11.9. The third kappa shape index (κ3) is 5.76. The van der Waals surface area contributed by atoms with E-state index in [1.807, 2.05) is 24.3 Å². The minimum atomic E-state index is -0.610. The molecule has 54 heavy (non-hydrogen) atoms. The molecule has 4 aliphatic rings. The Morgan fingerprint density at radius 2 is 0.981 bits per heavy atom. The number of fused-ring (bicyclic) bond motifs is 7. The second-order valence-electron chi connectivity index (χ2n) is 13.6. The number of nitriles is 4. The molecule has 10 nitrogen and oxygen atoms in total. The number of hydrogen-bond acceptors (Lipinski definition) is 14. The van der Waals surface area contributed by atoms with Crippen molar-refractivity contribution in [2.45, 2.75) is 38.9 Å². The van der Waals surface area contributed by atoms with Gasteiger partial charge < -0.3 is 18.9 Å². The van der Waals surface area contributed by atoms with E-state index in [0.717, 1.165) is 63.1 Å². The van der Waals surface area contributed by atoms with Gasteiger partial charge in [0.1, 0.15) is 68.5 Å². The minimum Gasteiger partial charge on any atom is -0.495 e. The summed E-state index contributed by atoms with van der Waals surface area (Å²) >= 11 is 6.07. The molecule has 0 aromatic carbocycles. The van der Waals surface area contributed by atoms with Crippen LogP contribution >= 0.6 is 45.3 Å². The minimum absolute atomic E-state index is 0.0300. The van der Waals surface area contributed by atoms with E-state index in [1.165, 1.54) is 22.7 Å². The highest BCUT2D eigenvalue weighted by atomic mass is 32.1. The number of ether oxygens (including phenoxy) is 4. The first-order chi connectivity index (χ1) is 25.9. The number of allylic oxidation sites excluding steroid dienone is 6. The summed E-state index contributed by atoms with van der Waals surface area (Å²) in [5.41, 5.74) is 2.57. The zero-order valence-corrected chi connectivity index (χ0v) is 33.0. The van der Waals surface area contributed by atoms with E-state index in [2.05, 4.69) is 74.1 Å². The van der Waals surface area contributed by atoms with E-state index < -0.39 is 11.2 Å². The average molecular weight is 785 g/mol. The lowest BCUT2D eigenvalue weighted by atomic mass is 9.76. The van der Waals surface area contributed by atoms with Crippen LogP contribution in [0.3, 0.4) is 0 Å². The molecule has 2 aliphatic heterocycles. The first-order valence-corrected chi connectivity index (χ1v) is 19.9. The van der Waals surface area contributed by atoms with E-state index in [9.17, 15) is 21.0 Å². The molecule has 0 amide bonds. The van der Waals surface area contributed by atoms with Gasteiger partial charge >= 0.3 is 0 Å². The molecule has 8 rings (SSSR count). The van der Waals surface area contributed by atoms with Crippen molar-refractivity contribution in [3.63, 3.8) is 0 Å². The topological polar surface area (TPSA) is 157 Å². The number of nitrogens with zero attached hydrogens (tertiary/aromatic N) is 6. The second kappa shape index (κ2) is 13.0. The number of rotatable bonds is 6. The van der Waals surface area contributed by atoms with Crippen molar-refractivity contribution in [3.05, 3.63) is 81.0 Å². The number of aliphatic imine (C=N–C) groups is 2. The summed E-state index contributed by atoms with van der Waals surface area (Å²) in [4.78, 5) is 14.4. The Labute approximate surface area is 327 Å². The summed E-state index contributed by atoms with van der Waals surface area (Å²) in [6, 6.07) is 15.1. The number of methoxy groups -OCH3 is 2. The van der Waals surface area contributed by atoms with Gasteiger partial charge in [-0.1, -0.05) is 12.2 Å². The zero-order valence-electron chi connectivity index (χ0n) is 29.7. The van der Waals surface area contributed by atoms with Gasteiger partial charge in [-0.3, -0.25) is 0 Å². The van der Waals surface area contributed by atoms with Gasteiger partial charge in [-0.25, -0.2) is 9.98 Å².